The molecule has 1 N–H and O–H groups in total. The van der Waals surface area contributed by atoms with Crippen molar-refractivity contribution in [3.63, 3.8) is 0 Å². The first-order chi connectivity index (χ1) is 7.01. The molecule has 1 amide bonds. The van der Waals surface area contributed by atoms with Gasteiger partial charge in [-0.2, -0.15) is 0 Å². The van der Waals surface area contributed by atoms with Gasteiger partial charge >= 0.3 is 0 Å². The van der Waals surface area contributed by atoms with E-state index in [2.05, 4.69) is 5.32 Å². The van der Waals surface area contributed by atoms with E-state index in [1.54, 1.807) is 0 Å². The van der Waals surface area contributed by atoms with Crippen molar-refractivity contribution in [2.75, 3.05) is 19.6 Å². The van der Waals surface area contributed by atoms with Crippen molar-refractivity contribution in [3.8, 4) is 0 Å². The van der Waals surface area contributed by atoms with Crippen LogP contribution in [0.15, 0.2) is 0 Å². The van der Waals surface area contributed by atoms with Gasteiger partial charge in [0.25, 0.3) is 0 Å². The Bertz CT molecular complexity index is 195. The lowest BCUT2D eigenvalue weighted by Gasteiger charge is -2.27. The third-order valence-corrected chi connectivity index (χ3v) is 2.43. The molecule has 0 aliphatic carbocycles. The molecule has 1 aliphatic rings. The van der Waals surface area contributed by atoms with Crippen LogP contribution in [0.1, 0.15) is 33.6 Å². The Hall–Kier alpha value is -0.610. The van der Waals surface area contributed by atoms with E-state index >= 15 is 0 Å². The minimum absolute atomic E-state index is 0.297. The Morgan fingerprint density at radius 1 is 1.53 bits per heavy atom. The van der Waals surface area contributed by atoms with Crippen molar-refractivity contribution in [1.29, 1.82) is 0 Å². The second-order valence-corrected chi connectivity index (χ2v) is 5.10. The SMILES string of the molecule is CC(C)(C)ON(C=O)CC[C@H]1CCNC1. The van der Waals surface area contributed by atoms with Crippen LogP contribution in [0.25, 0.3) is 0 Å². The number of carbonyl (C=O) groups is 1. The van der Waals surface area contributed by atoms with Crippen molar-refractivity contribution in [1.82, 2.24) is 10.4 Å². The van der Waals surface area contributed by atoms with Crippen LogP contribution in [0, 0.1) is 5.92 Å². The van der Waals surface area contributed by atoms with Crippen molar-refractivity contribution < 1.29 is 9.63 Å². The van der Waals surface area contributed by atoms with Crippen molar-refractivity contribution in [3.05, 3.63) is 0 Å². The summed E-state index contributed by atoms with van der Waals surface area (Å²) in [6, 6.07) is 0. The van der Waals surface area contributed by atoms with E-state index in [9.17, 15) is 4.79 Å². The van der Waals surface area contributed by atoms with Crippen molar-refractivity contribution in [2.45, 2.75) is 39.2 Å². The molecule has 0 aromatic carbocycles. The molecule has 0 aromatic heterocycles. The van der Waals surface area contributed by atoms with Gasteiger partial charge in [-0.3, -0.25) is 9.63 Å². The van der Waals surface area contributed by atoms with E-state index < -0.39 is 0 Å². The average Bonchev–Trinajstić information content (AvgIpc) is 2.62. The lowest BCUT2D eigenvalue weighted by molar-refractivity contribution is -0.216. The molecule has 0 radical (unpaired) electrons. The molecular weight excluding hydrogens is 192 g/mol. The van der Waals surface area contributed by atoms with Gasteiger partial charge in [-0.25, -0.2) is 5.06 Å². The van der Waals surface area contributed by atoms with Gasteiger partial charge in [0.15, 0.2) is 0 Å². The molecule has 4 nitrogen and oxygen atoms in total. The Morgan fingerprint density at radius 2 is 2.27 bits per heavy atom. The first-order valence-corrected chi connectivity index (χ1v) is 5.63. The summed E-state index contributed by atoms with van der Waals surface area (Å²) in [7, 11) is 0. The zero-order valence-electron chi connectivity index (χ0n) is 9.95. The Morgan fingerprint density at radius 3 is 2.73 bits per heavy atom. The minimum Gasteiger partial charge on any atom is -0.316 e. The largest absolute Gasteiger partial charge is 0.316 e. The molecule has 0 aromatic rings. The van der Waals surface area contributed by atoms with Gasteiger partial charge in [0.2, 0.25) is 6.41 Å². The highest BCUT2D eigenvalue weighted by Gasteiger charge is 2.19. The Balaban J connectivity index is 2.24. The molecule has 0 spiro atoms. The summed E-state index contributed by atoms with van der Waals surface area (Å²) in [6.07, 6.45) is 3.00. The van der Waals surface area contributed by atoms with E-state index in [-0.39, 0.29) is 5.60 Å². The van der Waals surface area contributed by atoms with Gasteiger partial charge < -0.3 is 5.32 Å². The number of carbonyl (C=O) groups excluding carboxylic acids is 1. The summed E-state index contributed by atoms with van der Waals surface area (Å²) in [4.78, 5) is 16.3. The molecule has 88 valence electrons. The van der Waals surface area contributed by atoms with Gasteiger partial charge in [0, 0.05) is 6.54 Å². The molecule has 4 heteroatoms. The quantitative estimate of drug-likeness (QED) is 0.552. The number of hydroxylamine groups is 2. The van der Waals surface area contributed by atoms with Gasteiger partial charge in [-0.15, -0.1) is 0 Å². The lowest BCUT2D eigenvalue weighted by atomic mass is 10.1. The molecule has 1 atom stereocenters. The summed E-state index contributed by atoms with van der Waals surface area (Å²) in [5, 5.41) is 4.73. The molecular formula is C11H22N2O2. The van der Waals surface area contributed by atoms with Gasteiger partial charge in [-0.05, 0) is 52.6 Å². The highest BCUT2D eigenvalue weighted by Crippen LogP contribution is 2.14. The third-order valence-electron chi connectivity index (χ3n) is 2.43. The standard InChI is InChI=1S/C11H22N2O2/c1-11(2,3)15-13(9-14)7-5-10-4-6-12-8-10/h9-10,12H,4-8H2,1-3H3/t10-/m1/s1. The number of nitrogens with one attached hydrogen (secondary N) is 1. The maximum atomic E-state index is 10.8. The average molecular weight is 214 g/mol. The van der Waals surface area contributed by atoms with Crippen LogP contribution in [0.4, 0.5) is 0 Å². The highest BCUT2D eigenvalue weighted by atomic mass is 16.7. The van der Waals surface area contributed by atoms with Gasteiger partial charge in [0.1, 0.15) is 0 Å². The second-order valence-electron chi connectivity index (χ2n) is 5.10. The van der Waals surface area contributed by atoms with Crippen LogP contribution in [0.5, 0.6) is 0 Å². The molecule has 1 fully saturated rings. The third kappa shape index (κ3) is 5.14. The molecule has 15 heavy (non-hydrogen) atoms. The lowest BCUT2D eigenvalue weighted by Crippen LogP contribution is -2.34. The smallest absolute Gasteiger partial charge is 0.233 e. The summed E-state index contributed by atoms with van der Waals surface area (Å²) in [5.74, 6) is 0.691. The number of hydrogen-bond donors (Lipinski definition) is 1. The zero-order chi connectivity index (χ0) is 11.3. The molecule has 1 rings (SSSR count). The van der Waals surface area contributed by atoms with Crippen LogP contribution in [-0.2, 0) is 9.63 Å². The predicted molar refractivity (Wildman–Crippen MR) is 59.2 cm³/mol. The fraction of sp³-hybridized carbons (Fsp3) is 0.909. The van der Waals surface area contributed by atoms with E-state index in [0.29, 0.717) is 12.5 Å². The fourth-order valence-electron chi connectivity index (χ4n) is 1.74. The summed E-state index contributed by atoms with van der Waals surface area (Å²) >= 11 is 0. The van der Waals surface area contributed by atoms with Crippen molar-refractivity contribution >= 4 is 6.41 Å². The minimum atomic E-state index is -0.297. The first kappa shape index (κ1) is 12.5. The number of nitrogens with zero attached hydrogens (tertiary/aromatic N) is 1. The van der Waals surface area contributed by atoms with Gasteiger partial charge in [-0.1, -0.05) is 0 Å². The predicted octanol–water partition coefficient (Wildman–Crippen LogP) is 1.17. The van der Waals surface area contributed by atoms with Gasteiger partial charge in [0.05, 0.1) is 5.60 Å². The van der Waals surface area contributed by atoms with Crippen molar-refractivity contribution in [2.24, 2.45) is 5.92 Å². The van der Waals surface area contributed by atoms with Crippen LogP contribution >= 0.6 is 0 Å². The summed E-state index contributed by atoms with van der Waals surface area (Å²) < 4.78 is 0. The number of rotatable bonds is 5. The Kier molecular flexibility index (Phi) is 4.54. The summed E-state index contributed by atoms with van der Waals surface area (Å²) in [5.41, 5.74) is -0.297. The van der Waals surface area contributed by atoms with Crippen LogP contribution in [0.2, 0.25) is 0 Å². The molecule has 0 unspecified atom stereocenters. The Labute approximate surface area is 91.9 Å². The first-order valence-electron chi connectivity index (χ1n) is 5.63. The normalized spacial score (nSPS) is 21.7. The topological polar surface area (TPSA) is 41.6 Å². The second kappa shape index (κ2) is 5.47. The van der Waals surface area contributed by atoms with E-state index in [1.165, 1.54) is 11.5 Å². The van der Waals surface area contributed by atoms with Crippen LogP contribution < -0.4 is 5.32 Å². The molecule has 0 saturated carbocycles. The molecule has 1 aliphatic heterocycles. The van der Waals surface area contributed by atoms with Crippen LogP contribution in [-0.4, -0.2) is 36.7 Å². The maximum Gasteiger partial charge on any atom is 0.233 e. The van der Waals surface area contributed by atoms with E-state index in [4.69, 9.17) is 4.84 Å². The molecule has 0 bridgehead atoms. The number of amides is 1. The zero-order valence-corrected chi connectivity index (χ0v) is 9.95. The monoisotopic (exact) mass is 214 g/mol. The van der Waals surface area contributed by atoms with E-state index in [0.717, 1.165) is 25.9 Å². The maximum absolute atomic E-state index is 10.8. The fourth-order valence-corrected chi connectivity index (χ4v) is 1.74. The molecule has 1 saturated heterocycles. The molecule has 1 heterocycles. The number of hydrogen-bond acceptors (Lipinski definition) is 3. The van der Waals surface area contributed by atoms with Crippen LogP contribution in [0.3, 0.4) is 0 Å². The van der Waals surface area contributed by atoms with E-state index in [1.807, 2.05) is 20.8 Å². The highest BCUT2D eigenvalue weighted by molar-refractivity contribution is 5.44. The summed E-state index contributed by atoms with van der Waals surface area (Å²) in [6.45, 7) is 8.70.